The van der Waals surface area contributed by atoms with Crippen molar-refractivity contribution in [3.05, 3.63) is 47.7 Å². The first-order valence-corrected chi connectivity index (χ1v) is 4.99. The predicted molar refractivity (Wildman–Crippen MR) is 60.9 cm³/mol. The Morgan fingerprint density at radius 1 is 1.29 bits per heavy atom. The average molecular weight is 230 g/mol. The van der Waals surface area contributed by atoms with Crippen LogP contribution in [0.2, 0.25) is 0 Å². The van der Waals surface area contributed by atoms with E-state index in [0.29, 0.717) is 12.0 Å². The summed E-state index contributed by atoms with van der Waals surface area (Å²) in [4.78, 5) is 22.2. The van der Waals surface area contributed by atoms with Gasteiger partial charge in [0, 0.05) is 5.56 Å². The van der Waals surface area contributed by atoms with Crippen LogP contribution in [0.5, 0.6) is 0 Å². The summed E-state index contributed by atoms with van der Waals surface area (Å²) in [7, 11) is 1.26. The van der Waals surface area contributed by atoms with E-state index < -0.39 is 5.97 Å². The van der Waals surface area contributed by atoms with Crippen molar-refractivity contribution < 1.29 is 18.7 Å². The van der Waals surface area contributed by atoms with Gasteiger partial charge in [-0.05, 0) is 6.07 Å². The second kappa shape index (κ2) is 4.65. The number of hydrogen-bond donors (Lipinski definition) is 0. The van der Waals surface area contributed by atoms with Gasteiger partial charge in [0.05, 0.1) is 7.11 Å². The van der Waals surface area contributed by atoms with Gasteiger partial charge in [0.15, 0.2) is 12.0 Å². The Labute approximate surface area is 97.8 Å². The molecule has 0 saturated carbocycles. The van der Waals surface area contributed by atoms with Crippen LogP contribution in [0.3, 0.4) is 0 Å². The van der Waals surface area contributed by atoms with Crippen molar-refractivity contribution in [2.75, 3.05) is 7.11 Å². The van der Waals surface area contributed by atoms with Crippen molar-refractivity contribution in [2.24, 2.45) is 0 Å². The number of ether oxygens (including phenoxy) is 1. The molecule has 0 fully saturated rings. The van der Waals surface area contributed by atoms with Crippen LogP contribution >= 0.6 is 0 Å². The van der Waals surface area contributed by atoms with Crippen LogP contribution in [0.15, 0.2) is 40.8 Å². The highest BCUT2D eigenvalue weighted by Crippen LogP contribution is 2.25. The van der Waals surface area contributed by atoms with E-state index in [-0.39, 0.29) is 11.3 Å². The number of benzene rings is 1. The van der Waals surface area contributed by atoms with Gasteiger partial charge >= 0.3 is 5.97 Å². The maximum Gasteiger partial charge on any atom is 0.341 e. The van der Waals surface area contributed by atoms with Gasteiger partial charge in [0.2, 0.25) is 0 Å². The van der Waals surface area contributed by atoms with Crippen molar-refractivity contribution in [3.8, 4) is 11.3 Å². The summed E-state index contributed by atoms with van der Waals surface area (Å²) in [5.74, 6) is -0.137. The van der Waals surface area contributed by atoms with Gasteiger partial charge in [-0.3, -0.25) is 4.79 Å². The molecule has 1 aromatic carbocycles. The maximum atomic E-state index is 11.4. The number of rotatable bonds is 3. The number of aldehydes is 1. The van der Waals surface area contributed by atoms with Gasteiger partial charge < -0.3 is 9.15 Å². The number of furan rings is 1. The monoisotopic (exact) mass is 230 g/mol. The molecule has 0 N–H and O–H groups in total. The van der Waals surface area contributed by atoms with E-state index in [1.165, 1.54) is 13.2 Å². The molecule has 86 valence electrons. The first kappa shape index (κ1) is 11.1. The summed E-state index contributed by atoms with van der Waals surface area (Å²) in [5.41, 5.74) is 0.937. The molecule has 2 aromatic rings. The number of methoxy groups -OCH3 is 1. The van der Waals surface area contributed by atoms with Crippen LogP contribution in [0.25, 0.3) is 11.3 Å². The fourth-order valence-electron chi connectivity index (χ4n) is 1.51. The second-order valence-corrected chi connectivity index (χ2v) is 3.36. The van der Waals surface area contributed by atoms with Gasteiger partial charge in [-0.25, -0.2) is 4.79 Å². The minimum absolute atomic E-state index is 0.0179. The lowest BCUT2D eigenvalue weighted by molar-refractivity contribution is 0.0597. The fraction of sp³-hybridized carbons (Fsp3) is 0.0769. The Bertz CT molecular complexity index is 540. The minimum atomic E-state index is -0.585. The molecule has 0 bridgehead atoms. The fourth-order valence-corrected chi connectivity index (χ4v) is 1.51. The molecule has 0 aliphatic heterocycles. The molecule has 4 nitrogen and oxygen atoms in total. The third-order valence-electron chi connectivity index (χ3n) is 2.33. The zero-order valence-corrected chi connectivity index (χ0v) is 9.17. The smallest absolute Gasteiger partial charge is 0.341 e. The zero-order chi connectivity index (χ0) is 12.3. The lowest BCUT2D eigenvalue weighted by atomic mass is 10.1. The van der Waals surface area contributed by atoms with E-state index in [1.807, 2.05) is 30.3 Å². The van der Waals surface area contributed by atoms with Gasteiger partial charge in [-0.15, -0.1) is 0 Å². The maximum absolute atomic E-state index is 11.4. The molecule has 1 heterocycles. The molecule has 0 spiro atoms. The molecule has 0 radical (unpaired) electrons. The Morgan fingerprint density at radius 3 is 2.59 bits per heavy atom. The molecule has 0 aliphatic carbocycles. The SMILES string of the molecule is COC(=O)c1cc(-c2ccccc2)oc1C=O. The van der Waals surface area contributed by atoms with Crippen LogP contribution in [-0.2, 0) is 4.74 Å². The van der Waals surface area contributed by atoms with Crippen LogP contribution in [0.1, 0.15) is 20.9 Å². The summed E-state index contributed by atoms with van der Waals surface area (Å²) in [5, 5.41) is 0. The van der Waals surface area contributed by atoms with Crippen LogP contribution in [0, 0.1) is 0 Å². The van der Waals surface area contributed by atoms with Crippen LogP contribution in [-0.4, -0.2) is 19.4 Å². The summed E-state index contributed by atoms with van der Waals surface area (Å²) in [6.45, 7) is 0. The lowest BCUT2D eigenvalue weighted by Gasteiger charge is -1.93. The molecule has 0 amide bonds. The molecule has 0 unspecified atom stereocenters. The topological polar surface area (TPSA) is 56.5 Å². The van der Waals surface area contributed by atoms with Gasteiger partial charge in [-0.2, -0.15) is 0 Å². The molecular weight excluding hydrogens is 220 g/mol. The molecule has 1 aromatic heterocycles. The third-order valence-corrected chi connectivity index (χ3v) is 2.33. The molecule has 0 aliphatic rings. The van der Waals surface area contributed by atoms with Crippen molar-refractivity contribution in [1.29, 1.82) is 0 Å². The highest BCUT2D eigenvalue weighted by molar-refractivity contribution is 5.98. The van der Waals surface area contributed by atoms with E-state index in [9.17, 15) is 9.59 Å². The highest BCUT2D eigenvalue weighted by Gasteiger charge is 2.18. The second-order valence-electron chi connectivity index (χ2n) is 3.36. The van der Waals surface area contributed by atoms with Crippen molar-refractivity contribution in [3.63, 3.8) is 0 Å². The van der Waals surface area contributed by atoms with Gasteiger partial charge in [0.1, 0.15) is 11.3 Å². The highest BCUT2D eigenvalue weighted by atomic mass is 16.5. The normalized spacial score (nSPS) is 9.94. The van der Waals surface area contributed by atoms with E-state index in [0.717, 1.165) is 5.56 Å². The summed E-state index contributed by atoms with van der Waals surface area (Å²) >= 11 is 0. The van der Waals surface area contributed by atoms with Crippen molar-refractivity contribution in [1.82, 2.24) is 0 Å². The van der Waals surface area contributed by atoms with E-state index in [1.54, 1.807) is 0 Å². The first-order chi connectivity index (χ1) is 8.26. The largest absolute Gasteiger partial charge is 0.465 e. The van der Waals surface area contributed by atoms with Crippen molar-refractivity contribution in [2.45, 2.75) is 0 Å². The molecule has 17 heavy (non-hydrogen) atoms. The number of carbonyl (C=O) groups excluding carboxylic acids is 2. The average Bonchev–Trinajstić information content (AvgIpc) is 2.83. The molecule has 0 atom stereocenters. The van der Waals surface area contributed by atoms with Crippen LogP contribution in [0.4, 0.5) is 0 Å². The standard InChI is InChI=1S/C13H10O4/c1-16-13(15)10-7-11(17-12(10)8-14)9-5-3-2-4-6-9/h2-8H,1H3. The van der Waals surface area contributed by atoms with E-state index in [2.05, 4.69) is 4.74 Å². The lowest BCUT2D eigenvalue weighted by Crippen LogP contribution is -2.02. The summed E-state index contributed by atoms with van der Waals surface area (Å²) < 4.78 is 9.87. The van der Waals surface area contributed by atoms with Gasteiger partial charge in [-0.1, -0.05) is 30.3 Å². The molecule has 2 rings (SSSR count). The molecule has 4 heteroatoms. The Morgan fingerprint density at radius 2 is 2.00 bits per heavy atom. The number of hydrogen-bond acceptors (Lipinski definition) is 4. The predicted octanol–water partition coefficient (Wildman–Crippen LogP) is 2.55. The Balaban J connectivity index is 2.48. The van der Waals surface area contributed by atoms with Crippen LogP contribution < -0.4 is 0 Å². The Hall–Kier alpha value is -2.36. The Kier molecular flexibility index (Phi) is 3.05. The first-order valence-electron chi connectivity index (χ1n) is 4.99. The summed E-state index contributed by atoms with van der Waals surface area (Å²) in [6.07, 6.45) is 0.499. The number of esters is 1. The molecule has 0 saturated heterocycles. The van der Waals surface area contributed by atoms with E-state index in [4.69, 9.17) is 4.42 Å². The van der Waals surface area contributed by atoms with Gasteiger partial charge in [0.25, 0.3) is 0 Å². The molecular formula is C13H10O4. The minimum Gasteiger partial charge on any atom is -0.465 e. The third kappa shape index (κ3) is 2.10. The van der Waals surface area contributed by atoms with Crippen molar-refractivity contribution >= 4 is 12.3 Å². The number of carbonyl (C=O) groups is 2. The zero-order valence-electron chi connectivity index (χ0n) is 9.17. The summed E-state index contributed by atoms with van der Waals surface area (Å²) in [6, 6.07) is 10.7. The van der Waals surface area contributed by atoms with E-state index >= 15 is 0 Å². The quantitative estimate of drug-likeness (QED) is 0.600.